The van der Waals surface area contributed by atoms with Crippen LogP contribution in [0, 0.1) is 5.92 Å². The van der Waals surface area contributed by atoms with E-state index >= 15 is 0 Å². The molecule has 0 aliphatic heterocycles. The first-order valence-corrected chi connectivity index (χ1v) is 6.81. The molecule has 1 aromatic rings. The van der Waals surface area contributed by atoms with Gasteiger partial charge in [0.2, 0.25) is 0 Å². The Kier molecular flexibility index (Phi) is 4.37. The minimum atomic E-state index is 0.469. The van der Waals surface area contributed by atoms with E-state index in [4.69, 9.17) is 18.0 Å². The molecule has 1 aliphatic rings. The molecule has 2 rings (SSSR count). The van der Waals surface area contributed by atoms with Crippen molar-refractivity contribution in [2.45, 2.75) is 32.1 Å². The molecule has 0 unspecified atom stereocenters. The zero-order valence-electron chi connectivity index (χ0n) is 10.1. The first-order chi connectivity index (χ1) is 8.27. The van der Waals surface area contributed by atoms with Crippen molar-refractivity contribution in [2.24, 2.45) is 11.7 Å². The molecule has 17 heavy (non-hydrogen) atoms. The Bertz CT molecular complexity index is 384. The topological polar surface area (TPSA) is 38.0 Å². The third-order valence-electron chi connectivity index (χ3n) is 3.50. The molecule has 0 heterocycles. The van der Waals surface area contributed by atoms with Crippen LogP contribution in [0.5, 0.6) is 0 Å². The van der Waals surface area contributed by atoms with E-state index in [9.17, 15) is 0 Å². The van der Waals surface area contributed by atoms with Crippen LogP contribution in [0.4, 0.5) is 5.69 Å². The summed E-state index contributed by atoms with van der Waals surface area (Å²) in [6.07, 6.45) is 6.86. The van der Waals surface area contributed by atoms with Gasteiger partial charge in [-0.05, 0) is 30.9 Å². The van der Waals surface area contributed by atoms with Gasteiger partial charge in [0.1, 0.15) is 4.99 Å². The summed E-state index contributed by atoms with van der Waals surface area (Å²) in [5.74, 6) is 0.808. The highest BCUT2D eigenvalue weighted by molar-refractivity contribution is 7.80. The first-order valence-electron chi connectivity index (χ1n) is 6.40. The van der Waals surface area contributed by atoms with Crippen molar-refractivity contribution in [3.63, 3.8) is 0 Å². The predicted molar refractivity (Wildman–Crippen MR) is 77.4 cm³/mol. The van der Waals surface area contributed by atoms with Gasteiger partial charge in [0.25, 0.3) is 0 Å². The summed E-state index contributed by atoms with van der Waals surface area (Å²) < 4.78 is 0. The molecule has 0 spiro atoms. The molecule has 1 aliphatic carbocycles. The van der Waals surface area contributed by atoms with Gasteiger partial charge in [-0.3, -0.25) is 0 Å². The summed E-state index contributed by atoms with van der Waals surface area (Å²) in [5, 5.41) is 3.50. The average Bonchev–Trinajstić information content (AvgIpc) is 2.38. The van der Waals surface area contributed by atoms with Gasteiger partial charge in [0, 0.05) is 17.8 Å². The molecule has 0 atom stereocenters. The van der Waals surface area contributed by atoms with Crippen molar-refractivity contribution in [1.82, 2.24) is 0 Å². The van der Waals surface area contributed by atoms with Crippen molar-refractivity contribution in [1.29, 1.82) is 0 Å². The van der Waals surface area contributed by atoms with Crippen LogP contribution >= 0.6 is 12.2 Å². The number of hydrogen-bond acceptors (Lipinski definition) is 2. The van der Waals surface area contributed by atoms with E-state index in [0.29, 0.717) is 4.99 Å². The quantitative estimate of drug-likeness (QED) is 0.803. The Balaban J connectivity index is 1.96. The highest BCUT2D eigenvalue weighted by atomic mass is 32.1. The summed E-state index contributed by atoms with van der Waals surface area (Å²) in [7, 11) is 0. The van der Waals surface area contributed by atoms with Gasteiger partial charge < -0.3 is 11.1 Å². The maximum absolute atomic E-state index is 5.71. The standard InChI is InChI=1S/C14H20N2S/c15-14(17)12-8-4-5-9-13(12)16-10-11-6-2-1-3-7-11/h4-5,8-9,11,16H,1-3,6-7,10H2,(H2,15,17). The van der Waals surface area contributed by atoms with Crippen molar-refractivity contribution >= 4 is 22.9 Å². The second-order valence-corrected chi connectivity index (χ2v) is 5.23. The summed E-state index contributed by atoms with van der Waals surface area (Å²) in [4.78, 5) is 0.469. The highest BCUT2D eigenvalue weighted by Gasteiger charge is 2.13. The fourth-order valence-corrected chi connectivity index (χ4v) is 2.68. The van der Waals surface area contributed by atoms with E-state index in [1.54, 1.807) is 0 Å². The summed E-state index contributed by atoms with van der Waals surface area (Å²) in [5.41, 5.74) is 7.75. The Labute approximate surface area is 109 Å². The molecular weight excluding hydrogens is 228 g/mol. The van der Waals surface area contributed by atoms with Crippen molar-refractivity contribution in [3.8, 4) is 0 Å². The van der Waals surface area contributed by atoms with E-state index in [-0.39, 0.29) is 0 Å². The van der Waals surface area contributed by atoms with Crippen molar-refractivity contribution < 1.29 is 0 Å². The summed E-state index contributed by atoms with van der Waals surface area (Å²) in [6.45, 7) is 1.04. The van der Waals surface area contributed by atoms with E-state index < -0.39 is 0 Å². The Morgan fingerprint density at radius 3 is 2.65 bits per heavy atom. The third-order valence-corrected chi connectivity index (χ3v) is 3.72. The number of rotatable bonds is 4. The van der Waals surface area contributed by atoms with Crippen LogP contribution in [0.25, 0.3) is 0 Å². The predicted octanol–water partition coefficient (Wildman–Crippen LogP) is 3.31. The molecule has 0 aromatic heterocycles. The van der Waals surface area contributed by atoms with Gasteiger partial charge in [-0.1, -0.05) is 43.6 Å². The lowest BCUT2D eigenvalue weighted by molar-refractivity contribution is 0.373. The Morgan fingerprint density at radius 2 is 1.94 bits per heavy atom. The van der Waals surface area contributed by atoms with Crippen LogP contribution in [0.2, 0.25) is 0 Å². The van der Waals surface area contributed by atoms with Crippen LogP contribution in [-0.4, -0.2) is 11.5 Å². The first kappa shape index (κ1) is 12.4. The van der Waals surface area contributed by atoms with E-state index in [0.717, 1.165) is 23.7 Å². The van der Waals surface area contributed by atoms with Gasteiger partial charge in [0.05, 0.1) is 0 Å². The highest BCUT2D eigenvalue weighted by Crippen LogP contribution is 2.24. The van der Waals surface area contributed by atoms with Gasteiger partial charge >= 0.3 is 0 Å². The number of benzene rings is 1. The molecule has 3 heteroatoms. The number of hydrogen-bond donors (Lipinski definition) is 2. The molecule has 0 bridgehead atoms. The van der Waals surface area contributed by atoms with Crippen LogP contribution in [0.1, 0.15) is 37.7 Å². The molecule has 0 radical (unpaired) electrons. The second kappa shape index (κ2) is 6.01. The minimum Gasteiger partial charge on any atom is -0.389 e. The third kappa shape index (κ3) is 3.43. The van der Waals surface area contributed by atoms with E-state index in [2.05, 4.69) is 11.4 Å². The zero-order chi connectivity index (χ0) is 12.1. The Hall–Kier alpha value is -1.09. The molecule has 2 nitrogen and oxygen atoms in total. The smallest absolute Gasteiger partial charge is 0.106 e. The van der Waals surface area contributed by atoms with Crippen LogP contribution in [-0.2, 0) is 0 Å². The molecule has 0 saturated heterocycles. The largest absolute Gasteiger partial charge is 0.389 e. The normalized spacial score (nSPS) is 16.7. The lowest BCUT2D eigenvalue weighted by Crippen LogP contribution is -2.19. The molecule has 1 aromatic carbocycles. The molecule has 3 N–H and O–H groups in total. The van der Waals surface area contributed by atoms with Gasteiger partial charge in [0.15, 0.2) is 0 Å². The second-order valence-electron chi connectivity index (χ2n) is 4.79. The molecule has 0 amide bonds. The number of thiocarbonyl (C=S) groups is 1. The van der Waals surface area contributed by atoms with Gasteiger partial charge in [-0.15, -0.1) is 0 Å². The van der Waals surface area contributed by atoms with Crippen molar-refractivity contribution in [2.75, 3.05) is 11.9 Å². The summed E-state index contributed by atoms with van der Waals surface area (Å²) >= 11 is 5.06. The average molecular weight is 248 g/mol. The van der Waals surface area contributed by atoms with E-state index in [1.807, 2.05) is 18.2 Å². The van der Waals surface area contributed by atoms with E-state index in [1.165, 1.54) is 32.1 Å². The lowest BCUT2D eigenvalue weighted by Gasteiger charge is -2.23. The van der Waals surface area contributed by atoms with Crippen LogP contribution in [0.15, 0.2) is 24.3 Å². The molecule has 1 saturated carbocycles. The van der Waals surface area contributed by atoms with Crippen LogP contribution < -0.4 is 11.1 Å². The molecule has 92 valence electrons. The monoisotopic (exact) mass is 248 g/mol. The van der Waals surface area contributed by atoms with Gasteiger partial charge in [-0.2, -0.15) is 0 Å². The number of para-hydroxylation sites is 1. The lowest BCUT2D eigenvalue weighted by atomic mass is 9.89. The maximum atomic E-state index is 5.71. The SMILES string of the molecule is NC(=S)c1ccccc1NCC1CCCCC1. The summed E-state index contributed by atoms with van der Waals surface area (Å²) in [6, 6.07) is 8.02. The minimum absolute atomic E-state index is 0.469. The number of anilines is 1. The molecular formula is C14H20N2S. The fourth-order valence-electron chi connectivity index (χ4n) is 2.50. The number of nitrogens with two attached hydrogens (primary N) is 1. The van der Waals surface area contributed by atoms with Gasteiger partial charge in [-0.25, -0.2) is 0 Å². The van der Waals surface area contributed by atoms with Crippen LogP contribution in [0.3, 0.4) is 0 Å². The zero-order valence-corrected chi connectivity index (χ0v) is 10.9. The fraction of sp³-hybridized carbons (Fsp3) is 0.500. The Morgan fingerprint density at radius 1 is 1.24 bits per heavy atom. The number of nitrogens with one attached hydrogen (secondary N) is 1. The van der Waals surface area contributed by atoms with Crippen molar-refractivity contribution in [3.05, 3.63) is 29.8 Å². The molecule has 1 fully saturated rings. The maximum Gasteiger partial charge on any atom is 0.106 e.